The molecule has 0 spiro atoms. The van der Waals surface area contributed by atoms with Gasteiger partial charge in [-0.2, -0.15) is 0 Å². The smallest absolute Gasteiger partial charge is 0.409 e. The van der Waals surface area contributed by atoms with E-state index in [0.29, 0.717) is 12.1 Å². The number of nitrogens with one attached hydrogen (secondary N) is 1. The van der Waals surface area contributed by atoms with E-state index in [1.54, 1.807) is 44.9 Å². The Kier molecular flexibility index (Phi) is 9.56. The monoisotopic (exact) mass is 648 g/mol. The number of nitrogens with zero attached hydrogens (tertiary/aromatic N) is 1. The average molecular weight is 650 g/mol. The van der Waals surface area contributed by atoms with Gasteiger partial charge >= 0.3 is 12.1 Å². The maximum Gasteiger partial charge on any atom is 0.409 e. The topological polar surface area (TPSA) is 127 Å². The number of allylic oxidation sites excluding steroid dienone is 3. The molecular weight excluding hydrogens is 608 g/mol. The average Bonchev–Trinajstić information content (AvgIpc) is 3.62. The normalized spacial score (nSPS) is 35.8. The van der Waals surface area contributed by atoms with Crippen LogP contribution in [-0.4, -0.2) is 73.0 Å². The Morgan fingerprint density at radius 3 is 2.67 bits per heavy atom. The van der Waals surface area contributed by atoms with Crippen LogP contribution in [0.25, 0.3) is 0 Å². The van der Waals surface area contributed by atoms with Gasteiger partial charge in [-0.25, -0.2) is 4.79 Å². The number of amides is 2. The molecule has 0 aromatic heterocycles. The highest BCUT2D eigenvalue weighted by Crippen LogP contribution is 2.49. The van der Waals surface area contributed by atoms with Gasteiger partial charge in [0.25, 0.3) is 0 Å². The van der Waals surface area contributed by atoms with Crippen molar-refractivity contribution in [2.75, 3.05) is 19.1 Å². The maximum absolute atomic E-state index is 13.7. The van der Waals surface area contributed by atoms with Crippen molar-refractivity contribution in [3.05, 3.63) is 52.0 Å². The minimum Gasteiger partial charge on any atom is -0.458 e. The van der Waals surface area contributed by atoms with Crippen LogP contribution in [0.3, 0.4) is 0 Å². The molecule has 4 bridgehead atoms. The van der Waals surface area contributed by atoms with Crippen molar-refractivity contribution in [3.8, 4) is 0 Å². The Balaban J connectivity index is 1.76. The number of esters is 1. The molecule has 4 rings (SSSR count). The molecular formula is C31H41BrN2O8. The molecule has 1 aromatic carbocycles. The molecule has 2 saturated heterocycles. The first-order chi connectivity index (χ1) is 19.7. The molecule has 0 radical (unpaired) electrons. The largest absolute Gasteiger partial charge is 0.458 e. The van der Waals surface area contributed by atoms with Crippen molar-refractivity contribution in [1.82, 2.24) is 5.32 Å². The van der Waals surface area contributed by atoms with Gasteiger partial charge in [0, 0.05) is 31.0 Å². The number of carbonyl (C=O) groups is 3. The molecule has 7 atom stereocenters. The number of anilines is 1. The van der Waals surface area contributed by atoms with Crippen LogP contribution < -0.4 is 10.2 Å². The van der Waals surface area contributed by atoms with Gasteiger partial charge in [-0.3, -0.25) is 14.9 Å². The lowest BCUT2D eigenvalue weighted by molar-refractivity contribution is -0.157. The van der Waals surface area contributed by atoms with Crippen LogP contribution in [0.15, 0.2) is 46.5 Å². The summed E-state index contributed by atoms with van der Waals surface area (Å²) in [6.07, 6.45) is 2.15. The molecule has 2 amide bonds. The molecule has 3 aliphatic rings. The number of benzene rings is 1. The second-order valence-electron chi connectivity index (χ2n) is 12.0. The number of fused-ring (bicyclic) bond motifs is 5. The van der Waals surface area contributed by atoms with Gasteiger partial charge < -0.3 is 29.0 Å². The fourth-order valence-electron chi connectivity index (χ4n) is 5.67. The zero-order valence-corrected chi connectivity index (χ0v) is 26.8. The van der Waals surface area contributed by atoms with Crippen LogP contribution in [-0.2, 0) is 35.0 Å². The molecule has 2 fully saturated rings. The first kappa shape index (κ1) is 32.2. The summed E-state index contributed by atoms with van der Waals surface area (Å²) in [6.45, 7) is 9.08. The highest BCUT2D eigenvalue weighted by atomic mass is 79.9. The lowest BCUT2D eigenvalue weighted by Crippen LogP contribution is -2.63. The molecule has 0 saturated carbocycles. The van der Waals surface area contributed by atoms with E-state index in [0.717, 1.165) is 15.6 Å². The molecule has 3 aliphatic heterocycles. The molecule has 3 heterocycles. The van der Waals surface area contributed by atoms with E-state index in [1.165, 1.54) is 7.11 Å². The highest BCUT2D eigenvalue weighted by Gasteiger charge is 2.64. The third-order valence-electron chi connectivity index (χ3n) is 8.39. The van der Waals surface area contributed by atoms with Crippen molar-refractivity contribution < 1.29 is 38.4 Å². The third-order valence-corrected chi connectivity index (χ3v) is 9.06. The SMILES string of the molecule is CO[C@@H]1/C=C/C=C(\C)Cc2ccc(Br)c(c2)N(C)C(=O)C[C@H](OC(=O)C(C)C)[C@]2(C)O[C@H]2[C@H](C)[C@@H]2C[C@@]1(O)NC(=O)O2. The van der Waals surface area contributed by atoms with E-state index < -0.39 is 59.6 Å². The Labute approximate surface area is 255 Å². The minimum absolute atomic E-state index is 0.0272. The fraction of sp³-hybridized carbons (Fsp3) is 0.581. The predicted octanol–water partition coefficient (Wildman–Crippen LogP) is 4.42. The summed E-state index contributed by atoms with van der Waals surface area (Å²) in [7, 11) is 3.16. The Bertz CT molecular complexity index is 1280. The summed E-state index contributed by atoms with van der Waals surface area (Å²) in [5, 5.41) is 14.1. The van der Waals surface area contributed by atoms with Crippen LogP contribution in [0.1, 0.15) is 53.0 Å². The van der Waals surface area contributed by atoms with Gasteiger partial charge in [0.1, 0.15) is 23.9 Å². The van der Waals surface area contributed by atoms with Gasteiger partial charge in [0.2, 0.25) is 5.91 Å². The molecule has 0 aliphatic carbocycles. The lowest BCUT2D eigenvalue weighted by Gasteiger charge is -2.42. The lowest BCUT2D eigenvalue weighted by atomic mass is 9.83. The van der Waals surface area contributed by atoms with Gasteiger partial charge in [0.05, 0.1) is 24.1 Å². The summed E-state index contributed by atoms with van der Waals surface area (Å²) in [5.74, 6) is -1.51. The van der Waals surface area contributed by atoms with Crippen LogP contribution in [0.5, 0.6) is 0 Å². The third kappa shape index (κ3) is 6.74. The summed E-state index contributed by atoms with van der Waals surface area (Å²) >= 11 is 3.57. The van der Waals surface area contributed by atoms with Gasteiger partial charge in [-0.05, 0) is 53.9 Å². The Morgan fingerprint density at radius 1 is 1.29 bits per heavy atom. The quantitative estimate of drug-likeness (QED) is 0.364. The second kappa shape index (κ2) is 12.5. The molecule has 2 N–H and O–H groups in total. The number of rotatable bonds is 3. The Hall–Kier alpha value is -2.73. The molecule has 230 valence electrons. The van der Waals surface area contributed by atoms with E-state index in [-0.39, 0.29) is 18.7 Å². The number of ether oxygens (including phenoxy) is 4. The van der Waals surface area contributed by atoms with Crippen molar-refractivity contribution in [1.29, 1.82) is 0 Å². The standard InChI is InChI=1S/C31H41BrN2O8/c1-17(2)28(36)41-25-15-26(35)34(6)22-14-20(11-12-21(22)32)13-18(3)9-8-10-24(39-7)31(38)16-23(40-29(37)33-31)19(4)27-30(25,5)42-27/h8-12,14,17,19,23-25,27,38H,13,15-16H2,1-7H3,(H,33,37)/b10-8+,18-9+/t19-,23+,24-,25+,27+,30+,31+/m1/s1. The number of carbonyl (C=O) groups excluding carboxylic acids is 3. The second-order valence-corrected chi connectivity index (χ2v) is 12.9. The van der Waals surface area contributed by atoms with Crippen molar-refractivity contribution in [3.63, 3.8) is 0 Å². The summed E-state index contributed by atoms with van der Waals surface area (Å²) in [4.78, 5) is 40.6. The van der Waals surface area contributed by atoms with E-state index in [1.807, 2.05) is 38.1 Å². The van der Waals surface area contributed by atoms with Crippen molar-refractivity contribution in [2.24, 2.45) is 11.8 Å². The van der Waals surface area contributed by atoms with Crippen molar-refractivity contribution in [2.45, 2.75) is 89.6 Å². The molecule has 1 aromatic rings. The molecule has 11 heteroatoms. The van der Waals surface area contributed by atoms with Crippen molar-refractivity contribution >= 4 is 39.6 Å². The molecule has 0 unspecified atom stereocenters. The number of methoxy groups -OCH3 is 1. The van der Waals surface area contributed by atoms with E-state index in [4.69, 9.17) is 18.9 Å². The number of alkyl carbamates (subject to hydrolysis) is 1. The van der Waals surface area contributed by atoms with Crippen LogP contribution >= 0.6 is 15.9 Å². The number of hydrogen-bond acceptors (Lipinski definition) is 8. The number of halogens is 1. The number of epoxide rings is 1. The van der Waals surface area contributed by atoms with Gasteiger partial charge in [0.15, 0.2) is 5.72 Å². The summed E-state index contributed by atoms with van der Waals surface area (Å²) in [6, 6.07) is 5.83. The van der Waals surface area contributed by atoms with E-state index in [9.17, 15) is 19.5 Å². The fourth-order valence-corrected chi connectivity index (χ4v) is 6.19. The summed E-state index contributed by atoms with van der Waals surface area (Å²) < 4.78 is 24.0. The van der Waals surface area contributed by atoms with Gasteiger partial charge in [-0.1, -0.05) is 50.6 Å². The number of hydrogen-bond donors (Lipinski definition) is 2. The van der Waals surface area contributed by atoms with Gasteiger partial charge in [-0.15, -0.1) is 0 Å². The zero-order valence-electron chi connectivity index (χ0n) is 25.2. The predicted molar refractivity (Wildman–Crippen MR) is 160 cm³/mol. The van der Waals surface area contributed by atoms with E-state index >= 15 is 0 Å². The zero-order chi connectivity index (χ0) is 31.0. The molecule has 10 nitrogen and oxygen atoms in total. The van der Waals surface area contributed by atoms with Crippen LogP contribution in [0, 0.1) is 11.8 Å². The molecule has 42 heavy (non-hydrogen) atoms. The summed E-state index contributed by atoms with van der Waals surface area (Å²) in [5.41, 5.74) is -0.0457. The number of aliphatic hydroxyl groups is 1. The maximum atomic E-state index is 13.7. The van der Waals surface area contributed by atoms with Crippen LogP contribution in [0.4, 0.5) is 10.5 Å². The Morgan fingerprint density at radius 2 is 2.00 bits per heavy atom. The minimum atomic E-state index is -1.74. The highest BCUT2D eigenvalue weighted by molar-refractivity contribution is 9.10. The first-order valence-corrected chi connectivity index (χ1v) is 15.0. The van der Waals surface area contributed by atoms with E-state index in [2.05, 4.69) is 21.2 Å². The first-order valence-electron chi connectivity index (χ1n) is 14.2. The van der Waals surface area contributed by atoms with Crippen LogP contribution in [0.2, 0.25) is 0 Å².